The topological polar surface area (TPSA) is 29.9 Å². The average molecular weight is 400 g/mol. The third kappa shape index (κ3) is 3.22. The average Bonchev–Trinajstić information content (AvgIpc) is 3.36. The molecular formula is C25H22ClN3. The monoisotopic (exact) mass is 399 g/mol. The molecule has 144 valence electrons. The van der Waals surface area contributed by atoms with Crippen LogP contribution in [-0.2, 0) is 6.42 Å². The van der Waals surface area contributed by atoms with Crippen molar-refractivity contribution in [1.82, 2.24) is 9.78 Å². The molecule has 0 saturated carbocycles. The molecule has 29 heavy (non-hydrogen) atoms. The van der Waals surface area contributed by atoms with Gasteiger partial charge in [-0.3, -0.25) is 0 Å². The van der Waals surface area contributed by atoms with E-state index in [1.54, 1.807) is 0 Å². The van der Waals surface area contributed by atoms with Crippen LogP contribution in [0.1, 0.15) is 33.9 Å². The van der Waals surface area contributed by atoms with Crippen molar-refractivity contribution in [3.05, 3.63) is 112 Å². The minimum atomic E-state index is 0.0896. The van der Waals surface area contributed by atoms with Gasteiger partial charge in [-0.15, -0.1) is 0 Å². The number of nitrogens with one attached hydrogen (secondary N) is 1. The summed E-state index contributed by atoms with van der Waals surface area (Å²) in [5, 5.41) is 9.42. The smallest absolute Gasteiger partial charge is 0.133 e. The van der Waals surface area contributed by atoms with Crippen molar-refractivity contribution in [2.45, 2.75) is 19.3 Å². The lowest BCUT2D eigenvalue weighted by molar-refractivity contribution is 0.799. The Morgan fingerprint density at radius 3 is 2.24 bits per heavy atom. The fourth-order valence-electron chi connectivity index (χ4n) is 4.22. The fourth-order valence-corrected chi connectivity index (χ4v) is 4.38. The number of anilines is 1. The highest BCUT2D eigenvalue weighted by Gasteiger charge is 2.30. The van der Waals surface area contributed by atoms with Crippen molar-refractivity contribution in [2.24, 2.45) is 0 Å². The number of fused-ring (bicyclic) bond motifs is 1. The van der Waals surface area contributed by atoms with Gasteiger partial charge in [-0.1, -0.05) is 78.3 Å². The highest BCUT2D eigenvalue weighted by Crippen LogP contribution is 2.39. The second kappa shape index (κ2) is 7.41. The van der Waals surface area contributed by atoms with E-state index in [1.165, 1.54) is 16.7 Å². The maximum atomic E-state index is 6.32. The second-order valence-electron chi connectivity index (χ2n) is 7.49. The highest BCUT2D eigenvalue weighted by molar-refractivity contribution is 6.30. The molecule has 4 aromatic rings. The summed E-state index contributed by atoms with van der Waals surface area (Å²) in [6.07, 6.45) is 0.973. The summed E-state index contributed by atoms with van der Waals surface area (Å²) in [6, 6.07) is 27.2. The van der Waals surface area contributed by atoms with Crippen LogP contribution in [0.3, 0.4) is 0 Å². The Labute approximate surface area is 176 Å². The first-order valence-corrected chi connectivity index (χ1v) is 10.3. The number of aryl methyl sites for hydroxylation is 1. The largest absolute Gasteiger partial charge is 0.369 e. The molecule has 1 aliphatic rings. The van der Waals surface area contributed by atoms with Crippen LogP contribution >= 0.6 is 11.6 Å². The molecule has 0 saturated heterocycles. The van der Waals surface area contributed by atoms with Gasteiger partial charge in [0.15, 0.2) is 0 Å². The molecule has 0 spiro atoms. The van der Waals surface area contributed by atoms with E-state index in [9.17, 15) is 0 Å². The molecule has 3 nitrogen and oxygen atoms in total. The van der Waals surface area contributed by atoms with E-state index in [0.717, 1.165) is 40.8 Å². The van der Waals surface area contributed by atoms with Gasteiger partial charge >= 0.3 is 0 Å². The maximum Gasteiger partial charge on any atom is 0.133 e. The van der Waals surface area contributed by atoms with Gasteiger partial charge < -0.3 is 5.32 Å². The Bertz CT molecular complexity index is 1110. The zero-order valence-electron chi connectivity index (χ0n) is 16.3. The Kier molecular flexibility index (Phi) is 4.61. The van der Waals surface area contributed by atoms with Crippen LogP contribution in [0, 0.1) is 6.92 Å². The van der Waals surface area contributed by atoms with Crippen LogP contribution in [-0.4, -0.2) is 16.3 Å². The Morgan fingerprint density at radius 2 is 1.59 bits per heavy atom. The SMILES string of the molecule is Cc1ccc(Cl)cc1-n1nc(C(c2ccccc2)c2ccccc2)c2c1NCC2. The summed E-state index contributed by atoms with van der Waals surface area (Å²) < 4.78 is 2.04. The number of halogens is 1. The minimum absolute atomic E-state index is 0.0896. The molecular weight excluding hydrogens is 378 g/mol. The number of benzene rings is 3. The molecule has 0 aliphatic carbocycles. The molecule has 2 heterocycles. The molecule has 0 radical (unpaired) electrons. The van der Waals surface area contributed by atoms with Crippen molar-refractivity contribution in [3.8, 4) is 5.69 Å². The third-order valence-electron chi connectivity index (χ3n) is 5.62. The zero-order chi connectivity index (χ0) is 19.8. The van der Waals surface area contributed by atoms with Gasteiger partial charge in [0.2, 0.25) is 0 Å². The lowest BCUT2D eigenvalue weighted by Crippen LogP contribution is -2.10. The summed E-state index contributed by atoms with van der Waals surface area (Å²) in [7, 11) is 0. The number of aromatic nitrogens is 2. The van der Waals surface area contributed by atoms with E-state index in [4.69, 9.17) is 16.7 Å². The first kappa shape index (κ1) is 18.0. The summed E-state index contributed by atoms with van der Waals surface area (Å²) in [4.78, 5) is 0. The molecule has 5 rings (SSSR count). The van der Waals surface area contributed by atoms with Crippen LogP contribution < -0.4 is 5.32 Å². The van der Waals surface area contributed by atoms with Crippen molar-refractivity contribution < 1.29 is 0 Å². The van der Waals surface area contributed by atoms with Gasteiger partial charge in [-0.05, 0) is 42.2 Å². The number of hydrogen-bond donors (Lipinski definition) is 1. The van der Waals surface area contributed by atoms with Crippen LogP contribution in [0.5, 0.6) is 0 Å². The summed E-state index contributed by atoms with van der Waals surface area (Å²) in [5.41, 5.74) is 7.08. The van der Waals surface area contributed by atoms with Gasteiger partial charge in [0, 0.05) is 17.1 Å². The van der Waals surface area contributed by atoms with Gasteiger partial charge in [-0.25, -0.2) is 4.68 Å². The lowest BCUT2D eigenvalue weighted by atomic mass is 9.86. The standard InChI is InChI=1S/C25H22ClN3/c1-17-12-13-20(26)16-22(17)29-25-21(14-15-27-25)24(28-29)23(18-8-4-2-5-9-18)19-10-6-3-7-11-19/h2-13,16,23,27H,14-15H2,1H3. The van der Waals surface area contributed by atoms with Gasteiger partial charge in [0.1, 0.15) is 5.82 Å². The zero-order valence-corrected chi connectivity index (χ0v) is 17.0. The normalized spacial score (nSPS) is 12.8. The number of nitrogens with zero attached hydrogens (tertiary/aromatic N) is 2. The van der Waals surface area contributed by atoms with E-state index in [1.807, 2.05) is 22.9 Å². The Hall–Kier alpha value is -3.04. The molecule has 3 aromatic carbocycles. The predicted molar refractivity (Wildman–Crippen MR) is 119 cm³/mol. The Balaban J connectivity index is 1.73. The van der Waals surface area contributed by atoms with Crippen LogP contribution in [0.25, 0.3) is 5.69 Å². The lowest BCUT2D eigenvalue weighted by Gasteiger charge is -2.17. The van der Waals surface area contributed by atoms with E-state index in [2.05, 4.69) is 72.9 Å². The van der Waals surface area contributed by atoms with Crippen LogP contribution in [0.2, 0.25) is 5.02 Å². The van der Waals surface area contributed by atoms with Crippen molar-refractivity contribution >= 4 is 17.4 Å². The van der Waals surface area contributed by atoms with E-state index in [-0.39, 0.29) is 5.92 Å². The second-order valence-corrected chi connectivity index (χ2v) is 7.92. The molecule has 1 aliphatic heterocycles. The molecule has 0 bridgehead atoms. The number of hydrogen-bond acceptors (Lipinski definition) is 2. The fraction of sp³-hybridized carbons (Fsp3) is 0.160. The summed E-state index contributed by atoms with van der Waals surface area (Å²) in [5.74, 6) is 1.18. The molecule has 0 unspecified atom stereocenters. The molecule has 4 heteroatoms. The molecule has 0 amide bonds. The molecule has 0 atom stereocenters. The first-order chi connectivity index (χ1) is 14.2. The van der Waals surface area contributed by atoms with Gasteiger partial charge in [-0.2, -0.15) is 5.10 Å². The Morgan fingerprint density at radius 1 is 0.931 bits per heavy atom. The summed E-state index contributed by atoms with van der Waals surface area (Å²) >= 11 is 6.32. The van der Waals surface area contributed by atoms with Crippen LogP contribution in [0.15, 0.2) is 78.9 Å². The predicted octanol–water partition coefficient (Wildman–Crippen LogP) is 5.98. The molecule has 1 aromatic heterocycles. The third-order valence-corrected chi connectivity index (χ3v) is 5.86. The van der Waals surface area contributed by atoms with Crippen molar-refractivity contribution in [2.75, 3.05) is 11.9 Å². The molecule has 0 fully saturated rings. The van der Waals surface area contributed by atoms with E-state index in [0.29, 0.717) is 0 Å². The summed E-state index contributed by atoms with van der Waals surface area (Å²) in [6.45, 7) is 3.02. The maximum absolute atomic E-state index is 6.32. The van der Waals surface area contributed by atoms with E-state index >= 15 is 0 Å². The number of rotatable bonds is 4. The van der Waals surface area contributed by atoms with Gasteiger partial charge in [0.05, 0.1) is 17.3 Å². The van der Waals surface area contributed by atoms with Crippen LogP contribution in [0.4, 0.5) is 5.82 Å². The van der Waals surface area contributed by atoms with Crippen molar-refractivity contribution in [3.63, 3.8) is 0 Å². The highest BCUT2D eigenvalue weighted by atomic mass is 35.5. The molecule has 1 N–H and O–H groups in total. The van der Waals surface area contributed by atoms with Gasteiger partial charge in [0.25, 0.3) is 0 Å². The first-order valence-electron chi connectivity index (χ1n) is 9.94. The van der Waals surface area contributed by atoms with E-state index < -0.39 is 0 Å². The quantitative estimate of drug-likeness (QED) is 0.457. The minimum Gasteiger partial charge on any atom is -0.369 e. The van der Waals surface area contributed by atoms with Crippen molar-refractivity contribution in [1.29, 1.82) is 0 Å².